The number of rotatable bonds is 6. The summed E-state index contributed by atoms with van der Waals surface area (Å²) in [5.41, 5.74) is -0.579. The number of thioether (sulfide) groups is 1. The smallest absolute Gasteiger partial charge is 0.329 e. The summed E-state index contributed by atoms with van der Waals surface area (Å²) in [6.07, 6.45) is 0. The molecule has 0 fully saturated rings. The Morgan fingerprint density at radius 1 is 1.37 bits per heavy atom. The van der Waals surface area contributed by atoms with E-state index in [2.05, 4.69) is 5.32 Å². The molecule has 0 radical (unpaired) electrons. The lowest BCUT2D eigenvalue weighted by Gasteiger charge is -2.26. The van der Waals surface area contributed by atoms with E-state index in [0.29, 0.717) is 0 Å². The van der Waals surface area contributed by atoms with Gasteiger partial charge in [-0.25, -0.2) is 4.79 Å². The fourth-order valence-corrected chi connectivity index (χ4v) is 1.73. The van der Waals surface area contributed by atoms with E-state index in [0.717, 1.165) is 0 Å². The van der Waals surface area contributed by atoms with Gasteiger partial charge in [0.25, 0.3) is 0 Å². The number of hydrogen-bond donors (Lipinski definition) is 1. The van der Waals surface area contributed by atoms with Gasteiger partial charge in [0.15, 0.2) is 0 Å². The third-order valence-corrected chi connectivity index (χ3v) is 2.84. The second-order valence-corrected chi connectivity index (χ2v) is 6.46. The Bertz CT molecular complexity index is 356. The van der Waals surface area contributed by atoms with Crippen LogP contribution in [-0.2, 0) is 14.3 Å². The number of nitrogens with one attached hydrogen (secondary N) is 1. The number of amides is 1. The SMILES string of the molecule is CC(C)[C@H](NC(=O)CSCC#N)C(=O)OC(C)(C)C. The monoisotopic (exact) mass is 286 g/mol. The van der Waals surface area contributed by atoms with Crippen LogP contribution in [0.15, 0.2) is 0 Å². The van der Waals surface area contributed by atoms with Crippen molar-refractivity contribution >= 4 is 23.6 Å². The first-order chi connectivity index (χ1) is 8.67. The molecule has 0 aliphatic carbocycles. The standard InChI is InChI=1S/C13H22N2O3S/c1-9(2)11(12(17)18-13(3,4)5)15-10(16)8-19-7-6-14/h9,11H,7-8H2,1-5H3,(H,15,16)/t11-/m0/s1. The summed E-state index contributed by atoms with van der Waals surface area (Å²) in [5, 5.41) is 11.0. The summed E-state index contributed by atoms with van der Waals surface area (Å²) in [6, 6.07) is 1.29. The van der Waals surface area contributed by atoms with Gasteiger partial charge in [0.1, 0.15) is 11.6 Å². The van der Waals surface area contributed by atoms with Gasteiger partial charge in [-0.1, -0.05) is 13.8 Å². The predicted octanol–water partition coefficient (Wildman–Crippen LogP) is 1.73. The highest BCUT2D eigenvalue weighted by atomic mass is 32.2. The van der Waals surface area contributed by atoms with Crippen molar-refractivity contribution in [3.05, 3.63) is 0 Å². The van der Waals surface area contributed by atoms with Gasteiger partial charge in [-0.15, -0.1) is 11.8 Å². The van der Waals surface area contributed by atoms with Crippen molar-refractivity contribution in [3.8, 4) is 6.07 Å². The zero-order valence-corrected chi connectivity index (χ0v) is 13.0. The minimum Gasteiger partial charge on any atom is -0.458 e. The molecule has 0 bridgehead atoms. The number of hydrogen-bond acceptors (Lipinski definition) is 5. The first-order valence-corrected chi connectivity index (χ1v) is 7.29. The Morgan fingerprint density at radius 2 is 1.95 bits per heavy atom. The molecule has 6 heteroatoms. The Hall–Kier alpha value is -1.22. The Morgan fingerprint density at radius 3 is 2.37 bits per heavy atom. The largest absolute Gasteiger partial charge is 0.458 e. The molecule has 0 aliphatic heterocycles. The Labute approximate surface area is 119 Å². The maximum absolute atomic E-state index is 12.0. The normalized spacial score (nSPS) is 12.7. The molecule has 0 aromatic heterocycles. The van der Waals surface area contributed by atoms with E-state index in [4.69, 9.17) is 10.00 Å². The third kappa shape index (κ3) is 8.49. The van der Waals surface area contributed by atoms with Gasteiger partial charge in [-0.2, -0.15) is 5.26 Å². The van der Waals surface area contributed by atoms with Crippen molar-refractivity contribution in [2.24, 2.45) is 5.92 Å². The minimum atomic E-state index is -0.658. The summed E-state index contributed by atoms with van der Waals surface area (Å²) in [7, 11) is 0. The molecule has 0 saturated heterocycles. The number of esters is 1. The van der Waals surface area contributed by atoms with Crippen LogP contribution >= 0.6 is 11.8 Å². The average molecular weight is 286 g/mol. The molecule has 1 amide bonds. The van der Waals surface area contributed by atoms with Gasteiger partial charge >= 0.3 is 5.97 Å². The van der Waals surface area contributed by atoms with Gasteiger partial charge in [0.2, 0.25) is 5.91 Å². The molecular formula is C13H22N2O3S. The fourth-order valence-electron chi connectivity index (χ4n) is 1.27. The highest BCUT2D eigenvalue weighted by Crippen LogP contribution is 2.12. The van der Waals surface area contributed by atoms with Gasteiger partial charge in [-0.05, 0) is 26.7 Å². The molecule has 0 aromatic rings. The highest BCUT2D eigenvalue weighted by Gasteiger charge is 2.28. The van der Waals surface area contributed by atoms with Crippen molar-refractivity contribution in [2.45, 2.75) is 46.3 Å². The van der Waals surface area contributed by atoms with Crippen molar-refractivity contribution in [3.63, 3.8) is 0 Å². The zero-order valence-electron chi connectivity index (χ0n) is 12.1. The third-order valence-electron chi connectivity index (χ3n) is 2.04. The van der Waals surface area contributed by atoms with Crippen molar-refractivity contribution in [1.29, 1.82) is 5.26 Å². The van der Waals surface area contributed by atoms with Gasteiger partial charge < -0.3 is 10.1 Å². The second kappa shape index (κ2) is 8.05. The number of ether oxygens (including phenoxy) is 1. The van der Waals surface area contributed by atoms with E-state index < -0.39 is 17.6 Å². The summed E-state index contributed by atoms with van der Waals surface area (Å²) < 4.78 is 5.27. The van der Waals surface area contributed by atoms with Gasteiger partial charge in [0, 0.05) is 0 Å². The summed E-state index contributed by atoms with van der Waals surface area (Å²) in [4.78, 5) is 23.6. The molecule has 1 atom stereocenters. The van der Waals surface area contributed by atoms with Crippen molar-refractivity contribution < 1.29 is 14.3 Å². The lowest BCUT2D eigenvalue weighted by atomic mass is 10.0. The quantitative estimate of drug-likeness (QED) is 0.594. The lowest BCUT2D eigenvalue weighted by molar-refractivity contribution is -0.159. The molecule has 19 heavy (non-hydrogen) atoms. The second-order valence-electron chi connectivity index (χ2n) is 5.47. The van der Waals surface area contributed by atoms with Crippen molar-refractivity contribution in [1.82, 2.24) is 5.32 Å². The van der Waals surface area contributed by atoms with E-state index in [-0.39, 0.29) is 23.3 Å². The van der Waals surface area contributed by atoms with Crippen LogP contribution < -0.4 is 5.32 Å². The Balaban J connectivity index is 4.46. The van der Waals surface area contributed by atoms with E-state index in [1.54, 1.807) is 20.8 Å². The number of carbonyl (C=O) groups excluding carboxylic acids is 2. The van der Waals surface area contributed by atoms with Crippen LogP contribution in [-0.4, -0.2) is 35.0 Å². The first kappa shape index (κ1) is 17.8. The van der Waals surface area contributed by atoms with Crippen LogP contribution in [0.25, 0.3) is 0 Å². The zero-order chi connectivity index (χ0) is 15.1. The number of nitriles is 1. The predicted molar refractivity (Wildman–Crippen MR) is 75.6 cm³/mol. The molecule has 0 aromatic carbocycles. The van der Waals surface area contributed by atoms with E-state index in [9.17, 15) is 9.59 Å². The van der Waals surface area contributed by atoms with Crippen molar-refractivity contribution in [2.75, 3.05) is 11.5 Å². The van der Waals surface area contributed by atoms with Crippen LogP contribution in [0.3, 0.4) is 0 Å². The van der Waals surface area contributed by atoms with E-state index in [1.807, 2.05) is 19.9 Å². The van der Waals surface area contributed by atoms with Crippen LogP contribution in [0.4, 0.5) is 0 Å². The molecule has 0 saturated carbocycles. The van der Waals surface area contributed by atoms with E-state index >= 15 is 0 Å². The van der Waals surface area contributed by atoms with Crippen LogP contribution in [0, 0.1) is 17.2 Å². The van der Waals surface area contributed by atoms with E-state index in [1.165, 1.54) is 11.8 Å². The molecule has 108 valence electrons. The molecular weight excluding hydrogens is 264 g/mol. The first-order valence-electron chi connectivity index (χ1n) is 6.14. The Kier molecular flexibility index (Phi) is 7.53. The molecule has 5 nitrogen and oxygen atoms in total. The molecule has 0 aliphatic rings. The van der Waals surface area contributed by atoms with Crippen LogP contribution in [0.5, 0.6) is 0 Å². The maximum Gasteiger partial charge on any atom is 0.329 e. The molecule has 0 rings (SSSR count). The number of nitrogens with zero attached hydrogens (tertiary/aromatic N) is 1. The van der Waals surface area contributed by atoms with Crippen LogP contribution in [0.1, 0.15) is 34.6 Å². The van der Waals surface area contributed by atoms with Crippen LogP contribution in [0.2, 0.25) is 0 Å². The van der Waals surface area contributed by atoms with Gasteiger partial charge in [0.05, 0.1) is 17.6 Å². The topological polar surface area (TPSA) is 79.2 Å². The molecule has 0 spiro atoms. The summed E-state index contributed by atoms with van der Waals surface area (Å²) in [5.74, 6) is -0.322. The lowest BCUT2D eigenvalue weighted by Crippen LogP contribution is -2.47. The highest BCUT2D eigenvalue weighted by molar-refractivity contribution is 8.00. The minimum absolute atomic E-state index is 0.0558. The summed E-state index contributed by atoms with van der Waals surface area (Å²) in [6.45, 7) is 9.04. The maximum atomic E-state index is 12.0. The summed E-state index contributed by atoms with van der Waals surface area (Å²) >= 11 is 1.21. The molecule has 0 unspecified atom stereocenters. The molecule has 0 heterocycles. The van der Waals surface area contributed by atoms with Gasteiger partial charge in [-0.3, -0.25) is 4.79 Å². The average Bonchev–Trinajstić information content (AvgIpc) is 2.23. The fraction of sp³-hybridized carbons (Fsp3) is 0.769. The number of carbonyl (C=O) groups is 2. The molecule has 1 N–H and O–H groups in total.